The number of aromatic nitrogens is 2. The number of carbonyl (C=O) groups excluding carboxylic acids is 2. The third-order valence-electron chi connectivity index (χ3n) is 6.12. The molecule has 1 aromatic heterocycles. The molecule has 3 aromatic carbocycles. The number of rotatable bonds is 14. The number of halogens is 1. The van der Waals surface area contributed by atoms with Crippen LogP contribution in [-0.4, -0.2) is 55.7 Å². The fourth-order valence-electron chi connectivity index (χ4n) is 4.01. The van der Waals surface area contributed by atoms with E-state index in [2.05, 4.69) is 61.6 Å². The van der Waals surface area contributed by atoms with Crippen LogP contribution in [0.25, 0.3) is 0 Å². The first-order valence-corrected chi connectivity index (χ1v) is 15.5. The number of ether oxygens (including phenoxy) is 4. The summed E-state index contributed by atoms with van der Waals surface area (Å²) in [6.45, 7) is 4.88. The number of methoxy groups -OCH3 is 2. The first kappa shape index (κ1) is 32.7. The Hall–Kier alpha value is -4.24. The number of carbonyl (C=O) groups is 2. The minimum absolute atomic E-state index is 0.0502. The molecule has 4 rings (SSSR count). The quantitative estimate of drug-likeness (QED) is 0.0760. The molecule has 2 amide bonds. The molecule has 0 aliphatic carbocycles. The van der Waals surface area contributed by atoms with Crippen molar-refractivity contribution in [3.8, 4) is 23.0 Å². The SMILES string of the molecule is CCc1cc(C)cc(OCCOc2c(I)cc(/C=N/NC(=O)Cc3nnc(NC(=O)c4ccc(OC)cc4)s3)cc2OC)c1. The van der Waals surface area contributed by atoms with Gasteiger partial charge in [-0.3, -0.25) is 14.9 Å². The standard InChI is InChI=1S/C31H32IN5O6S/c1-5-20-12-19(2)13-24(14-20)42-10-11-43-29-25(32)15-21(16-26(29)41-4)18-33-35-27(38)17-28-36-37-31(44-28)34-30(39)22-6-8-23(40-3)9-7-22/h6-9,12-16,18H,5,10-11,17H2,1-4H3,(H,35,38)(H,34,37,39)/b33-18+. The van der Waals surface area contributed by atoms with Gasteiger partial charge in [-0.2, -0.15) is 5.10 Å². The van der Waals surface area contributed by atoms with Crippen molar-refractivity contribution in [1.29, 1.82) is 0 Å². The van der Waals surface area contributed by atoms with E-state index in [1.165, 1.54) is 11.8 Å². The maximum absolute atomic E-state index is 12.4. The van der Waals surface area contributed by atoms with Crippen molar-refractivity contribution in [2.45, 2.75) is 26.7 Å². The molecule has 13 heteroatoms. The predicted octanol–water partition coefficient (Wildman–Crippen LogP) is 5.43. The number of nitrogens with one attached hydrogen (secondary N) is 2. The zero-order valence-corrected chi connectivity index (χ0v) is 27.7. The van der Waals surface area contributed by atoms with Gasteiger partial charge in [0.2, 0.25) is 11.0 Å². The lowest BCUT2D eigenvalue weighted by atomic mass is 10.1. The highest BCUT2D eigenvalue weighted by Gasteiger charge is 2.14. The zero-order valence-electron chi connectivity index (χ0n) is 24.7. The molecule has 0 radical (unpaired) electrons. The molecule has 1 heterocycles. The van der Waals surface area contributed by atoms with Crippen LogP contribution in [0.1, 0.15) is 39.0 Å². The van der Waals surface area contributed by atoms with Gasteiger partial charge < -0.3 is 18.9 Å². The van der Waals surface area contributed by atoms with E-state index in [4.69, 9.17) is 18.9 Å². The van der Waals surface area contributed by atoms with Crippen LogP contribution >= 0.6 is 33.9 Å². The second kappa shape index (κ2) is 16.0. The molecular formula is C31H32IN5O6S. The van der Waals surface area contributed by atoms with Crippen molar-refractivity contribution in [3.63, 3.8) is 0 Å². The van der Waals surface area contributed by atoms with Crippen molar-refractivity contribution in [1.82, 2.24) is 15.6 Å². The molecule has 0 spiro atoms. The Balaban J connectivity index is 1.26. The predicted molar refractivity (Wildman–Crippen MR) is 178 cm³/mol. The summed E-state index contributed by atoms with van der Waals surface area (Å²) in [5.74, 6) is 1.88. The van der Waals surface area contributed by atoms with Crippen LogP contribution in [0.5, 0.6) is 23.0 Å². The Kier molecular flexibility index (Phi) is 11.9. The number of hydrogen-bond donors (Lipinski definition) is 2. The monoisotopic (exact) mass is 729 g/mol. The molecule has 0 atom stereocenters. The largest absolute Gasteiger partial charge is 0.497 e. The molecule has 0 saturated heterocycles. The summed E-state index contributed by atoms with van der Waals surface area (Å²) in [4.78, 5) is 24.8. The first-order valence-electron chi connectivity index (χ1n) is 13.6. The Labute approximate surface area is 273 Å². The van der Waals surface area contributed by atoms with Gasteiger partial charge in [-0.15, -0.1) is 10.2 Å². The second-order valence-electron chi connectivity index (χ2n) is 9.39. The van der Waals surface area contributed by atoms with Crippen LogP contribution in [0.15, 0.2) is 59.7 Å². The highest BCUT2D eigenvalue weighted by molar-refractivity contribution is 14.1. The Morgan fingerprint density at radius 2 is 1.75 bits per heavy atom. The molecular weight excluding hydrogens is 697 g/mol. The van der Waals surface area contributed by atoms with Crippen LogP contribution in [0.2, 0.25) is 0 Å². The van der Waals surface area contributed by atoms with E-state index < -0.39 is 0 Å². The first-order chi connectivity index (χ1) is 21.3. The lowest BCUT2D eigenvalue weighted by molar-refractivity contribution is -0.120. The fraction of sp³-hybridized carbons (Fsp3) is 0.258. The number of aryl methyl sites for hydroxylation is 2. The van der Waals surface area contributed by atoms with Crippen LogP contribution in [-0.2, 0) is 17.6 Å². The van der Waals surface area contributed by atoms with Crippen LogP contribution in [0.4, 0.5) is 5.13 Å². The van der Waals surface area contributed by atoms with E-state index in [1.807, 2.05) is 25.1 Å². The van der Waals surface area contributed by atoms with Gasteiger partial charge >= 0.3 is 0 Å². The average Bonchev–Trinajstić information content (AvgIpc) is 3.45. The molecule has 0 saturated carbocycles. The van der Waals surface area contributed by atoms with Crippen molar-refractivity contribution >= 4 is 57.1 Å². The van der Waals surface area contributed by atoms with E-state index in [-0.39, 0.29) is 23.4 Å². The lowest BCUT2D eigenvalue weighted by Crippen LogP contribution is -2.19. The van der Waals surface area contributed by atoms with Gasteiger partial charge in [-0.05, 0) is 101 Å². The minimum atomic E-state index is -0.383. The molecule has 44 heavy (non-hydrogen) atoms. The zero-order chi connectivity index (χ0) is 31.5. The van der Waals surface area contributed by atoms with Gasteiger partial charge in [0.25, 0.3) is 5.91 Å². The maximum Gasteiger partial charge on any atom is 0.257 e. The highest BCUT2D eigenvalue weighted by Crippen LogP contribution is 2.33. The lowest BCUT2D eigenvalue weighted by Gasteiger charge is -2.14. The summed E-state index contributed by atoms with van der Waals surface area (Å²) < 4.78 is 23.3. The Morgan fingerprint density at radius 1 is 0.977 bits per heavy atom. The molecule has 230 valence electrons. The van der Waals surface area contributed by atoms with Gasteiger partial charge in [0.1, 0.15) is 29.7 Å². The summed E-state index contributed by atoms with van der Waals surface area (Å²) in [5.41, 5.74) is 6.03. The summed E-state index contributed by atoms with van der Waals surface area (Å²) in [6, 6.07) is 16.5. The van der Waals surface area contributed by atoms with Crippen LogP contribution in [0.3, 0.4) is 0 Å². The summed E-state index contributed by atoms with van der Waals surface area (Å²) in [5, 5.41) is 15.4. The van der Waals surface area contributed by atoms with E-state index in [0.29, 0.717) is 46.6 Å². The number of nitrogens with zero attached hydrogens (tertiary/aromatic N) is 3. The number of hydrazone groups is 1. The molecule has 0 aliphatic rings. The Bertz CT molecular complexity index is 1630. The summed E-state index contributed by atoms with van der Waals surface area (Å²) in [6.07, 6.45) is 2.41. The van der Waals surface area contributed by atoms with Crippen LogP contribution in [0, 0.1) is 10.5 Å². The van der Waals surface area contributed by atoms with Crippen LogP contribution < -0.4 is 29.7 Å². The van der Waals surface area contributed by atoms with Gasteiger partial charge in [0.05, 0.1) is 30.4 Å². The van der Waals surface area contributed by atoms with E-state index in [9.17, 15) is 9.59 Å². The molecule has 0 aliphatic heterocycles. The van der Waals surface area contributed by atoms with E-state index >= 15 is 0 Å². The van der Waals surface area contributed by atoms with Gasteiger partial charge in [-0.25, -0.2) is 5.43 Å². The van der Waals surface area contributed by atoms with Crippen molar-refractivity contribution in [2.75, 3.05) is 32.8 Å². The summed E-state index contributed by atoms with van der Waals surface area (Å²) >= 11 is 3.27. The van der Waals surface area contributed by atoms with Crippen molar-refractivity contribution in [3.05, 3.63) is 85.4 Å². The fourth-order valence-corrected chi connectivity index (χ4v) is 5.53. The molecule has 4 aromatic rings. The molecule has 11 nitrogen and oxygen atoms in total. The Morgan fingerprint density at radius 3 is 2.48 bits per heavy atom. The normalized spacial score (nSPS) is 10.8. The van der Waals surface area contributed by atoms with E-state index in [1.54, 1.807) is 44.6 Å². The number of anilines is 1. The number of benzene rings is 3. The summed E-state index contributed by atoms with van der Waals surface area (Å²) in [7, 11) is 3.11. The molecule has 0 bridgehead atoms. The number of amides is 2. The van der Waals surface area contributed by atoms with E-state index in [0.717, 1.165) is 32.6 Å². The minimum Gasteiger partial charge on any atom is -0.497 e. The molecule has 0 fully saturated rings. The third kappa shape index (κ3) is 9.38. The second-order valence-corrected chi connectivity index (χ2v) is 11.6. The average molecular weight is 730 g/mol. The van der Waals surface area contributed by atoms with Gasteiger partial charge in [0, 0.05) is 5.56 Å². The number of hydrogen-bond acceptors (Lipinski definition) is 10. The molecule has 2 N–H and O–H groups in total. The topological polar surface area (TPSA) is 133 Å². The van der Waals surface area contributed by atoms with Crippen molar-refractivity contribution in [2.24, 2.45) is 5.10 Å². The third-order valence-corrected chi connectivity index (χ3v) is 7.76. The van der Waals surface area contributed by atoms with Crippen molar-refractivity contribution < 1.29 is 28.5 Å². The smallest absolute Gasteiger partial charge is 0.257 e. The molecule has 0 unspecified atom stereocenters. The highest BCUT2D eigenvalue weighted by atomic mass is 127. The van der Waals surface area contributed by atoms with Gasteiger partial charge in [-0.1, -0.05) is 24.3 Å². The maximum atomic E-state index is 12.4. The van der Waals surface area contributed by atoms with Gasteiger partial charge in [0.15, 0.2) is 11.5 Å².